The quantitative estimate of drug-likeness (QED) is 0.769. The molecule has 1 aromatic heterocycles. The van der Waals surface area contributed by atoms with Gasteiger partial charge in [-0.25, -0.2) is 4.39 Å². The van der Waals surface area contributed by atoms with Gasteiger partial charge >= 0.3 is 0 Å². The molecule has 3 N–H and O–H groups in total. The van der Waals surface area contributed by atoms with Crippen LogP contribution in [0.4, 0.5) is 10.1 Å². The van der Waals surface area contributed by atoms with E-state index in [4.69, 9.17) is 5.73 Å². The average molecular weight is 249 g/mol. The first-order chi connectivity index (χ1) is 8.66. The summed E-state index contributed by atoms with van der Waals surface area (Å²) in [5.41, 5.74) is 5.98. The number of hydrogen-bond donors (Lipinski definition) is 2. The minimum atomic E-state index is -0.495. The largest absolute Gasteiger partial charge is 0.398 e. The van der Waals surface area contributed by atoms with Crippen LogP contribution in [0.5, 0.6) is 0 Å². The second-order valence-corrected chi connectivity index (χ2v) is 3.65. The highest BCUT2D eigenvalue weighted by molar-refractivity contribution is 5.99. The number of hydrogen-bond acceptors (Lipinski definition) is 4. The summed E-state index contributed by atoms with van der Waals surface area (Å²) >= 11 is 0. The minimum Gasteiger partial charge on any atom is -0.398 e. The number of anilines is 1. The monoisotopic (exact) mass is 249 g/mol. The number of carbonyl (C=O) groups is 1. The molecular weight excluding hydrogens is 237 g/mol. The standard InChI is InChI=1S/C11H12FN5O/c12-8-1-2-10(13)9(7-8)11(18)14-3-5-17-6-4-15-16-17/h1-2,4,6-7H,3,5,13H2,(H,14,18). The van der Waals surface area contributed by atoms with Crippen molar-refractivity contribution in [2.24, 2.45) is 0 Å². The number of rotatable bonds is 4. The first kappa shape index (κ1) is 12.0. The molecule has 0 spiro atoms. The van der Waals surface area contributed by atoms with Crippen LogP contribution in [-0.4, -0.2) is 27.4 Å². The number of nitrogens with two attached hydrogens (primary N) is 1. The maximum absolute atomic E-state index is 13.0. The lowest BCUT2D eigenvalue weighted by Crippen LogP contribution is -2.28. The molecule has 0 bridgehead atoms. The van der Waals surface area contributed by atoms with Gasteiger partial charge in [-0.15, -0.1) is 5.10 Å². The van der Waals surface area contributed by atoms with Crippen LogP contribution >= 0.6 is 0 Å². The summed E-state index contributed by atoms with van der Waals surface area (Å²) in [5, 5.41) is 10.0. The zero-order valence-electron chi connectivity index (χ0n) is 9.51. The Morgan fingerprint density at radius 1 is 1.50 bits per heavy atom. The van der Waals surface area contributed by atoms with Crippen molar-refractivity contribution in [3.8, 4) is 0 Å². The highest BCUT2D eigenvalue weighted by Crippen LogP contribution is 2.12. The van der Waals surface area contributed by atoms with Crippen molar-refractivity contribution in [3.05, 3.63) is 42.0 Å². The van der Waals surface area contributed by atoms with Gasteiger partial charge in [0, 0.05) is 18.4 Å². The van der Waals surface area contributed by atoms with Crippen LogP contribution in [0.15, 0.2) is 30.6 Å². The number of nitrogens with zero attached hydrogens (tertiary/aromatic N) is 3. The summed E-state index contributed by atoms with van der Waals surface area (Å²) in [6.07, 6.45) is 3.23. The van der Waals surface area contributed by atoms with Gasteiger partial charge in [0.2, 0.25) is 0 Å². The summed E-state index contributed by atoms with van der Waals surface area (Å²) < 4.78 is 14.6. The number of halogens is 1. The van der Waals surface area contributed by atoms with Gasteiger partial charge in [0.15, 0.2) is 0 Å². The van der Waals surface area contributed by atoms with Gasteiger partial charge in [-0.3, -0.25) is 9.48 Å². The van der Waals surface area contributed by atoms with Gasteiger partial charge in [-0.05, 0) is 18.2 Å². The SMILES string of the molecule is Nc1ccc(F)cc1C(=O)NCCn1ccnn1. The van der Waals surface area contributed by atoms with Crippen molar-refractivity contribution in [3.63, 3.8) is 0 Å². The Morgan fingerprint density at radius 3 is 3.06 bits per heavy atom. The summed E-state index contributed by atoms with van der Waals surface area (Å²) in [6.45, 7) is 0.846. The molecule has 94 valence electrons. The molecule has 0 saturated carbocycles. The summed E-state index contributed by atoms with van der Waals surface area (Å²) in [4.78, 5) is 11.7. The lowest BCUT2D eigenvalue weighted by Gasteiger charge is -2.07. The Hall–Kier alpha value is -2.44. The first-order valence-corrected chi connectivity index (χ1v) is 5.34. The van der Waals surface area contributed by atoms with E-state index in [2.05, 4.69) is 15.6 Å². The van der Waals surface area contributed by atoms with E-state index in [-0.39, 0.29) is 11.3 Å². The molecule has 0 fully saturated rings. The van der Waals surface area contributed by atoms with Crippen LogP contribution in [0, 0.1) is 5.82 Å². The third-order valence-corrected chi connectivity index (χ3v) is 2.36. The number of benzene rings is 1. The molecule has 0 aliphatic rings. The topological polar surface area (TPSA) is 85.8 Å². The molecule has 0 radical (unpaired) electrons. The Kier molecular flexibility index (Phi) is 3.52. The van der Waals surface area contributed by atoms with Crippen molar-refractivity contribution in [2.75, 3.05) is 12.3 Å². The Morgan fingerprint density at radius 2 is 2.33 bits per heavy atom. The summed E-state index contributed by atoms with van der Waals surface area (Å²) in [7, 11) is 0. The molecule has 6 nitrogen and oxygen atoms in total. The molecule has 18 heavy (non-hydrogen) atoms. The second kappa shape index (κ2) is 5.26. The fraction of sp³-hybridized carbons (Fsp3) is 0.182. The van der Waals surface area contributed by atoms with Gasteiger partial charge in [-0.2, -0.15) is 0 Å². The molecule has 0 atom stereocenters. The Labute approximate surface area is 103 Å². The van der Waals surface area contributed by atoms with Gasteiger partial charge in [0.05, 0.1) is 18.3 Å². The predicted molar refractivity (Wildman–Crippen MR) is 63.2 cm³/mol. The van der Waals surface area contributed by atoms with Gasteiger partial charge in [0.25, 0.3) is 5.91 Å². The number of amides is 1. The fourth-order valence-electron chi connectivity index (χ4n) is 1.46. The van der Waals surface area contributed by atoms with Crippen molar-refractivity contribution in [2.45, 2.75) is 6.54 Å². The zero-order chi connectivity index (χ0) is 13.0. The van der Waals surface area contributed by atoms with Gasteiger partial charge in [-0.1, -0.05) is 5.21 Å². The van der Waals surface area contributed by atoms with Crippen LogP contribution < -0.4 is 11.1 Å². The number of nitrogens with one attached hydrogen (secondary N) is 1. The maximum atomic E-state index is 13.0. The summed E-state index contributed by atoms with van der Waals surface area (Å²) in [6, 6.07) is 3.68. The van der Waals surface area contributed by atoms with E-state index in [1.165, 1.54) is 12.1 Å². The third kappa shape index (κ3) is 2.82. The highest BCUT2D eigenvalue weighted by Gasteiger charge is 2.10. The Bertz CT molecular complexity index is 540. The summed E-state index contributed by atoms with van der Waals surface area (Å²) in [5.74, 6) is -0.905. The van der Waals surface area contributed by atoms with E-state index in [0.717, 1.165) is 6.07 Å². The van der Waals surface area contributed by atoms with E-state index in [0.29, 0.717) is 13.1 Å². The molecule has 0 saturated heterocycles. The molecule has 2 aromatic rings. The lowest BCUT2D eigenvalue weighted by atomic mass is 10.1. The third-order valence-electron chi connectivity index (χ3n) is 2.36. The molecule has 7 heteroatoms. The molecule has 1 heterocycles. The molecule has 1 amide bonds. The van der Waals surface area contributed by atoms with Crippen LogP contribution in [-0.2, 0) is 6.54 Å². The van der Waals surface area contributed by atoms with Crippen LogP contribution in [0.25, 0.3) is 0 Å². The first-order valence-electron chi connectivity index (χ1n) is 5.34. The van der Waals surface area contributed by atoms with Crippen LogP contribution in [0.1, 0.15) is 10.4 Å². The molecule has 0 aliphatic heterocycles. The van der Waals surface area contributed by atoms with Crippen LogP contribution in [0.2, 0.25) is 0 Å². The normalized spacial score (nSPS) is 10.3. The van der Waals surface area contributed by atoms with Crippen molar-refractivity contribution in [1.29, 1.82) is 0 Å². The second-order valence-electron chi connectivity index (χ2n) is 3.65. The van der Waals surface area contributed by atoms with E-state index >= 15 is 0 Å². The molecule has 0 unspecified atom stereocenters. The predicted octanol–water partition coefficient (Wildman–Crippen LogP) is 0.429. The van der Waals surface area contributed by atoms with E-state index in [9.17, 15) is 9.18 Å². The van der Waals surface area contributed by atoms with E-state index in [1.54, 1.807) is 17.1 Å². The highest BCUT2D eigenvalue weighted by atomic mass is 19.1. The molecular formula is C11H12FN5O. The van der Waals surface area contributed by atoms with Crippen molar-refractivity contribution >= 4 is 11.6 Å². The molecule has 1 aromatic carbocycles. The fourth-order valence-corrected chi connectivity index (χ4v) is 1.46. The Balaban J connectivity index is 1.93. The van der Waals surface area contributed by atoms with Gasteiger partial charge in [0.1, 0.15) is 5.82 Å². The lowest BCUT2D eigenvalue weighted by molar-refractivity contribution is 0.0952. The van der Waals surface area contributed by atoms with E-state index < -0.39 is 11.7 Å². The van der Waals surface area contributed by atoms with Crippen LogP contribution in [0.3, 0.4) is 0 Å². The molecule has 2 rings (SSSR count). The zero-order valence-corrected chi connectivity index (χ0v) is 9.51. The minimum absolute atomic E-state index is 0.133. The van der Waals surface area contributed by atoms with E-state index in [1.807, 2.05) is 0 Å². The number of carbonyl (C=O) groups excluding carboxylic acids is 1. The van der Waals surface area contributed by atoms with Crippen molar-refractivity contribution < 1.29 is 9.18 Å². The number of nitrogen functional groups attached to an aromatic ring is 1. The average Bonchev–Trinajstić information content (AvgIpc) is 2.85. The molecule has 0 aliphatic carbocycles. The van der Waals surface area contributed by atoms with Crippen molar-refractivity contribution in [1.82, 2.24) is 20.3 Å². The number of aromatic nitrogens is 3. The maximum Gasteiger partial charge on any atom is 0.253 e. The van der Waals surface area contributed by atoms with Gasteiger partial charge < -0.3 is 11.1 Å². The smallest absolute Gasteiger partial charge is 0.253 e.